The zero-order valence-electron chi connectivity index (χ0n) is 11.5. The number of esters is 1. The molecular formula is C15H26O2. The highest BCUT2D eigenvalue weighted by Crippen LogP contribution is 2.07. The van der Waals surface area contributed by atoms with E-state index in [4.69, 9.17) is 4.74 Å². The minimum Gasteiger partial charge on any atom is -0.431 e. The summed E-state index contributed by atoms with van der Waals surface area (Å²) >= 11 is 0. The predicted octanol–water partition coefficient (Wildman–Crippen LogP) is 4.76. The molecule has 2 heteroatoms. The Hall–Kier alpha value is -1.05. The molecule has 0 N–H and O–H groups in total. The van der Waals surface area contributed by atoms with Gasteiger partial charge in [0.1, 0.15) is 0 Å². The van der Waals surface area contributed by atoms with Crippen LogP contribution in [0, 0.1) is 0 Å². The van der Waals surface area contributed by atoms with E-state index >= 15 is 0 Å². The molecule has 0 amide bonds. The highest BCUT2D eigenvalue weighted by molar-refractivity contribution is 5.87. The van der Waals surface area contributed by atoms with Gasteiger partial charge in [-0.05, 0) is 32.8 Å². The number of allylic oxidation sites excluding steroid dienone is 2. The molecule has 0 radical (unpaired) electrons. The Balaban J connectivity index is 3.40. The van der Waals surface area contributed by atoms with Crippen LogP contribution >= 0.6 is 0 Å². The van der Waals surface area contributed by atoms with E-state index in [-0.39, 0.29) is 5.97 Å². The lowest BCUT2D eigenvalue weighted by atomic mass is 10.1. The SMILES string of the molecule is C/C=C(\C)C(=O)O/C=C/CCCCCCCC. The van der Waals surface area contributed by atoms with E-state index < -0.39 is 0 Å². The van der Waals surface area contributed by atoms with Crippen LogP contribution in [0.15, 0.2) is 24.0 Å². The van der Waals surface area contributed by atoms with Gasteiger partial charge in [-0.1, -0.05) is 45.1 Å². The molecule has 0 aromatic heterocycles. The summed E-state index contributed by atoms with van der Waals surface area (Å²) in [6.07, 6.45) is 13.9. The molecule has 17 heavy (non-hydrogen) atoms. The maximum absolute atomic E-state index is 11.2. The van der Waals surface area contributed by atoms with Crippen LogP contribution < -0.4 is 0 Å². The fourth-order valence-corrected chi connectivity index (χ4v) is 1.43. The van der Waals surface area contributed by atoms with Gasteiger partial charge in [-0.3, -0.25) is 0 Å². The predicted molar refractivity (Wildman–Crippen MR) is 72.7 cm³/mol. The molecule has 0 aliphatic rings. The third-order valence-electron chi connectivity index (χ3n) is 2.75. The van der Waals surface area contributed by atoms with E-state index in [1.807, 2.05) is 13.0 Å². The van der Waals surface area contributed by atoms with E-state index in [1.165, 1.54) is 44.8 Å². The first-order valence-corrected chi connectivity index (χ1v) is 6.71. The highest BCUT2D eigenvalue weighted by atomic mass is 16.5. The molecule has 0 aliphatic heterocycles. The summed E-state index contributed by atoms with van der Waals surface area (Å²) in [5.41, 5.74) is 0.647. The molecule has 0 spiro atoms. The average molecular weight is 238 g/mol. The van der Waals surface area contributed by atoms with Crippen molar-refractivity contribution in [1.82, 2.24) is 0 Å². The summed E-state index contributed by atoms with van der Waals surface area (Å²) < 4.78 is 4.95. The molecule has 0 aromatic rings. The summed E-state index contributed by atoms with van der Waals surface area (Å²) in [6, 6.07) is 0. The maximum Gasteiger partial charge on any atom is 0.338 e. The van der Waals surface area contributed by atoms with Crippen LogP contribution in [-0.2, 0) is 9.53 Å². The number of unbranched alkanes of at least 4 members (excludes halogenated alkanes) is 6. The fourth-order valence-electron chi connectivity index (χ4n) is 1.43. The minimum absolute atomic E-state index is 0.258. The Bertz CT molecular complexity index is 252. The van der Waals surface area contributed by atoms with Gasteiger partial charge in [0, 0.05) is 5.57 Å². The Kier molecular flexibility index (Phi) is 10.7. The van der Waals surface area contributed by atoms with Crippen molar-refractivity contribution in [3.05, 3.63) is 24.0 Å². The molecule has 0 aromatic carbocycles. The summed E-state index contributed by atoms with van der Waals surface area (Å²) in [6.45, 7) is 5.81. The van der Waals surface area contributed by atoms with Crippen molar-refractivity contribution in [2.45, 2.75) is 65.7 Å². The molecule has 0 saturated heterocycles. The first-order valence-electron chi connectivity index (χ1n) is 6.71. The zero-order valence-corrected chi connectivity index (χ0v) is 11.5. The average Bonchev–Trinajstić information content (AvgIpc) is 2.35. The number of hydrogen-bond donors (Lipinski definition) is 0. The number of hydrogen-bond acceptors (Lipinski definition) is 2. The Labute approximate surface area is 106 Å². The van der Waals surface area contributed by atoms with Crippen LogP contribution in [0.4, 0.5) is 0 Å². The van der Waals surface area contributed by atoms with Gasteiger partial charge >= 0.3 is 5.97 Å². The lowest BCUT2D eigenvalue weighted by Crippen LogP contribution is -2.00. The first-order chi connectivity index (χ1) is 8.22. The minimum atomic E-state index is -0.258. The summed E-state index contributed by atoms with van der Waals surface area (Å²) in [7, 11) is 0. The van der Waals surface area contributed by atoms with E-state index in [9.17, 15) is 4.79 Å². The van der Waals surface area contributed by atoms with Crippen LogP contribution in [0.25, 0.3) is 0 Å². The molecule has 0 bridgehead atoms. The molecule has 0 atom stereocenters. The first kappa shape index (κ1) is 16.0. The normalized spacial score (nSPS) is 12.1. The van der Waals surface area contributed by atoms with Crippen molar-refractivity contribution in [3.8, 4) is 0 Å². The van der Waals surface area contributed by atoms with Gasteiger partial charge < -0.3 is 4.74 Å². The van der Waals surface area contributed by atoms with Crippen LogP contribution in [0.3, 0.4) is 0 Å². The lowest BCUT2D eigenvalue weighted by Gasteiger charge is -1.99. The summed E-state index contributed by atoms with van der Waals surface area (Å²) in [5.74, 6) is -0.258. The maximum atomic E-state index is 11.2. The van der Waals surface area contributed by atoms with Gasteiger partial charge in [-0.15, -0.1) is 0 Å². The molecule has 0 fully saturated rings. The van der Waals surface area contributed by atoms with Crippen molar-refractivity contribution in [1.29, 1.82) is 0 Å². The Morgan fingerprint density at radius 1 is 1.12 bits per heavy atom. The van der Waals surface area contributed by atoms with Crippen LogP contribution in [0.2, 0.25) is 0 Å². The lowest BCUT2D eigenvalue weighted by molar-refractivity contribution is -0.133. The van der Waals surface area contributed by atoms with Crippen molar-refractivity contribution in [2.24, 2.45) is 0 Å². The molecular weight excluding hydrogens is 212 g/mol. The molecule has 0 aliphatic carbocycles. The van der Waals surface area contributed by atoms with Crippen LogP contribution in [0.5, 0.6) is 0 Å². The van der Waals surface area contributed by atoms with E-state index in [0.29, 0.717) is 5.57 Å². The van der Waals surface area contributed by atoms with Gasteiger partial charge in [0.25, 0.3) is 0 Å². The zero-order chi connectivity index (χ0) is 12.9. The quantitative estimate of drug-likeness (QED) is 0.250. The van der Waals surface area contributed by atoms with Crippen molar-refractivity contribution in [3.63, 3.8) is 0 Å². The van der Waals surface area contributed by atoms with Crippen molar-refractivity contribution in [2.75, 3.05) is 0 Å². The topological polar surface area (TPSA) is 26.3 Å². The van der Waals surface area contributed by atoms with Crippen LogP contribution in [0.1, 0.15) is 65.7 Å². The Morgan fingerprint density at radius 3 is 2.41 bits per heavy atom. The van der Waals surface area contributed by atoms with Gasteiger partial charge in [0.2, 0.25) is 0 Å². The van der Waals surface area contributed by atoms with Gasteiger partial charge in [-0.25, -0.2) is 4.79 Å². The highest BCUT2D eigenvalue weighted by Gasteiger charge is 2.00. The number of carbonyl (C=O) groups excluding carboxylic acids is 1. The largest absolute Gasteiger partial charge is 0.431 e. The summed E-state index contributed by atoms with van der Waals surface area (Å²) in [4.78, 5) is 11.2. The van der Waals surface area contributed by atoms with Gasteiger partial charge in [0.15, 0.2) is 0 Å². The fraction of sp³-hybridized carbons (Fsp3) is 0.667. The van der Waals surface area contributed by atoms with Crippen molar-refractivity contribution >= 4 is 5.97 Å². The third-order valence-corrected chi connectivity index (χ3v) is 2.75. The molecule has 0 saturated carbocycles. The van der Waals surface area contributed by atoms with Crippen molar-refractivity contribution < 1.29 is 9.53 Å². The molecule has 0 unspecified atom stereocenters. The van der Waals surface area contributed by atoms with E-state index in [2.05, 4.69) is 6.92 Å². The molecule has 0 rings (SSSR count). The standard InChI is InChI=1S/C15H26O2/c1-4-6-7-8-9-10-11-12-13-17-15(16)14(3)5-2/h5,12-13H,4,6-11H2,1-3H3/b13-12+,14-5+. The van der Waals surface area contributed by atoms with Crippen LogP contribution in [-0.4, -0.2) is 5.97 Å². The van der Waals surface area contributed by atoms with E-state index in [1.54, 1.807) is 13.0 Å². The number of rotatable bonds is 9. The second kappa shape index (κ2) is 11.4. The number of ether oxygens (including phenoxy) is 1. The molecule has 0 heterocycles. The molecule has 2 nitrogen and oxygen atoms in total. The number of carbonyl (C=O) groups is 1. The third kappa shape index (κ3) is 9.86. The smallest absolute Gasteiger partial charge is 0.338 e. The second-order valence-electron chi connectivity index (χ2n) is 4.31. The summed E-state index contributed by atoms with van der Waals surface area (Å²) in [5, 5.41) is 0. The monoisotopic (exact) mass is 238 g/mol. The Morgan fingerprint density at radius 2 is 1.76 bits per heavy atom. The molecule has 98 valence electrons. The van der Waals surface area contributed by atoms with E-state index in [0.717, 1.165) is 6.42 Å². The second-order valence-corrected chi connectivity index (χ2v) is 4.31. The van der Waals surface area contributed by atoms with Gasteiger partial charge in [0.05, 0.1) is 6.26 Å². The van der Waals surface area contributed by atoms with Gasteiger partial charge in [-0.2, -0.15) is 0 Å².